The van der Waals surface area contributed by atoms with E-state index >= 15 is 0 Å². The van der Waals surface area contributed by atoms with Crippen molar-refractivity contribution >= 4 is 40.7 Å². The summed E-state index contributed by atoms with van der Waals surface area (Å²) in [6.45, 7) is 2.74. The van der Waals surface area contributed by atoms with Crippen molar-refractivity contribution in [2.75, 3.05) is 6.54 Å². The fourth-order valence-electron chi connectivity index (χ4n) is 3.63. The Labute approximate surface area is 178 Å². The second-order valence-corrected chi connectivity index (χ2v) is 8.07. The molecule has 1 unspecified atom stereocenters. The summed E-state index contributed by atoms with van der Waals surface area (Å²) in [7, 11) is 0. The summed E-state index contributed by atoms with van der Waals surface area (Å²) < 4.78 is 0. The van der Waals surface area contributed by atoms with Gasteiger partial charge in [-0.2, -0.15) is 5.10 Å². The molecule has 7 heteroatoms. The molecule has 1 atom stereocenters. The number of halogens is 3. The minimum Gasteiger partial charge on any atom is -0.326 e. The number of hydrogen-bond donors (Lipinski definition) is 1. The van der Waals surface area contributed by atoms with Gasteiger partial charge in [-0.15, -0.1) is 0 Å². The Bertz CT molecular complexity index is 1030. The van der Waals surface area contributed by atoms with Gasteiger partial charge in [0.15, 0.2) is 0 Å². The van der Waals surface area contributed by atoms with E-state index in [2.05, 4.69) is 17.1 Å². The Hall–Kier alpha value is -2.01. The van der Waals surface area contributed by atoms with Crippen molar-refractivity contribution in [3.8, 4) is 11.3 Å². The van der Waals surface area contributed by atoms with Crippen LogP contribution in [0.2, 0.25) is 15.1 Å². The van der Waals surface area contributed by atoms with Crippen molar-refractivity contribution < 1.29 is 4.79 Å². The first-order valence-corrected chi connectivity index (χ1v) is 10.2. The number of unbranched alkanes of at least 4 members (excludes halogenated alkanes) is 1. The van der Waals surface area contributed by atoms with Crippen molar-refractivity contribution in [2.45, 2.75) is 25.8 Å². The van der Waals surface area contributed by atoms with Gasteiger partial charge in [-0.1, -0.05) is 66.3 Å². The third-order valence-electron chi connectivity index (χ3n) is 4.99. The first-order chi connectivity index (χ1) is 13.5. The van der Waals surface area contributed by atoms with Crippen molar-refractivity contribution in [1.29, 1.82) is 0 Å². The molecule has 1 aromatic heterocycles. The molecule has 0 saturated carbocycles. The van der Waals surface area contributed by atoms with Gasteiger partial charge in [-0.3, -0.25) is 9.89 Å². The van der Waals surface area contributed by atoms with Crippen LogP contribution >= 0.6 is 34.8 Å². The van der Waals surface area contributed by atoms with E-state index in [9.17, 15) is 4.79 Å². The highest BCUT2D eigenvalue weighted by Crippen LogP contribution is 2.45. The molecule has 1 aliphatic heterocycles. The van der Waals surface area contributed by atoms with Crippen LogP contribution in [0.1, 0.15) is 47.4 Å². The zero-order valence-electron chi connectivity index (χ0n) is 15.2. The molecule has 0 spiro atoms. The lowest BCUT2D eigenvalue weighted by Gasteiger charge is -2.27. The molecule has 1 N–H and O–H groups in total. The lowest BCUT2D eigenvalue weighted by atomic mass is 9.96. The third-order valence-corrected chi connectivity index (χ3v) is 5.81. The van der Waals surface area contributed by atoms with E-state index in [1.807, 2.05) is 35.2 Å². The number of carbonyl (C=O) groups is 1. The van der Waals surface area contributed by atoms with Crippen LogP contribution in [0, 0.1) is 0 Å². The van der Waals surface area contributed by atoms with Gasteiger partial charge in [0.05, 0.1) is 11.7 Å². The highest BCUT2D eigenvalue weighted by atomic mass is 35.5. The number of benzene rings is 2. The summed E-state index contributed by atoms with van der Waals surface area (Å²) in [5.74, 6) is -0.0628. The van der Waals surface area contributed by atoms with Crippen LogP contribution in [-0.4, -0.2) is 27.5 Å². The quantitative estimate of drug-likeness (QED) is 0.506. The summed E-state index contributed by atoms with van der Waals surface area (Å²) in [6, 6.07) is 12.5. The van der Waals surface area contributed by atoms with Crippen LogP contribution in [0.3, 0.4) is 0 Å². The number of H-pyrrole nitrogens is 1. The minimum atomic E-state index is -0.316. The number of nitrogens with zero attached hydrogens (tertiary/aromatic N) is 2. The normalized spacial score (nSPS) is 15.9. The molecule has 3 aromatic rings. The molecule has 1 amide bonds. The second-order valence-electron chi connectivity index (χ2n) is 6.79. The van der Waals surface area contributed by atoms with Crippen LogP contribution in [0.4, 0.5) is 0 Å². The SMILES string of the molecule is CCCCN1C(=O)c2[nH]nc(-c3ccc(Cl)cc3)c2C1c1ccc(Cl)cc1Cl. The van der Waals surface area contributed by atoms with E-state index in [1.165, 1.54) is 0 Å². The monoisotopic (exact) mass is 433 g/mol. The lowest BCUT2D eigenvalue weighted by molar-refractivity contribution is 0.0741. The maximum absolute atomic E-state index is 13.1. The van der Waals surface area contributed by atoms with E-state index in [4.69, 9.17) is 34.8 Å². The van der Waals surface area contributed by atoms with Gasteiger partial charge in [0.1, 0.15) is 5.69 Å². The molecule has 0 radical (unpaired) electrons. The molecular formula is C21H18Cl3N3O. The van der Waals surface area contributed by atoms with Gasteiger partial charge >= 0.3 is 0 Å². The number of hydrogen-bond acceptors (Lipinski definition) is 2. The smallest absolute Gasteiger partial charge is 0.273 e. The molecule has 2 heterocycles. The topological polar surface area (TPSA) is 49.0 Å². The van der Waals surface area contributed by atoms with Crippen molar-refractivity contribution in [3.63, 3.8) is 0 Å². The molecule has 0 fully saturated rings. The standard InChI is InChI=1S/C21H18Cl3N3O/c1-2-3-10-27-20(15-9-8-14(23)11-16(15)24)17-18(25-26-19(17)21(27)28)12-4-6-13(22)7-5-12/h4-9,11,20H,2-3,10H2,1H3,(H,25,26). The first kappa shape index (κ1) is 19.3. The summed E-state index contributed by atoms with van der Waals surface area (Å²) in [5, 5.41) is 9.12. The molecule has 4 nitrogen and oxygen atoms in total. The average Bonchev–Trinajstić information content (AvgIpc) is 3.21. The van der Waals surface area contributed by atoms with Crippen LogP contribution in [0.15, 0.2) is 42.5 Å². The van der Waals surface area contributed by atoms with Gasteiger partial charge in [0.25, 0.3) is 5.91 Å². The molecule has 4 rings (SSSR count). The highest BCUT2D eigenvalue weighted by molar-refractivity contribution is 6.35. The number of carbonyl (C=O) groups excluding carboxylic acids is 1. The Balaban J connectivity index is 1.88. The summed E-state index contributed by atoms with van der Waals surface area (Å²) in [6.07, 6.45) is 1.89. The number of fused-ring (bicyclic) bond motifs is 1. The predicted octanol–water partition coefficient (Wildman–Crippen LogP) is 6.38. The van der Waals surface area contributed by atoms with Crippen molar-refractivity contribution in [3.05, 3.63) is 74.4 Å². The Kier molecular flexibility index (Phi) is 5.37. The molecular weight excluding hydrogens is 417 g/mol. The van der Waals surface area contributed by atoms with Gasteiger partial charge in [0, 0.05) is 32.7 Å². The number of rotatable bonds is 5. The van der Waals surface area contributed by atoms with E-state index in [1.54, 1.807) is 12.1 Å². The average molecular weight is 435 g/mol. The molecule has 0 aliphatic carbocycles. The van der Waals surface area contributed by atoms with Crippen LogP contribution in [0.5, 0.6) is 0 Å². The number of nitrogens with one attached hydrogen (secondary N) is 1. The predicted molar refractivity (Wildman–Crippen MR) is 113 cm³/mol. The molecule has 0 saturated heterocycles. The second kappa shape index (κ2) is 7.78. The maximum atomic E-state index is 13.1. The van der Waals surface area contributed by atoms with Crippen LogP contribution < -0.4 is 0 Å². The van der Waals surface area contributed by atoms with Gasteiger partial charge in [0.2, 0.25) is 0 Å². The Morgan fingerprint density at radius 1 is 1.07 bits per heavy atom. The van der Waals surface area contributed by atoms with Gasteiger partial charge < -0.3 is 4.90 Å². The van der Waals surface area contributed by atoms with Crippen LogP contribution in [-0.2, 0) is 0 Å². The van der Waals surface area contributed by atoms with Gasteiger partial charge in [-0.25, -0.2) is 0 Å². The van der Waals surface area contributed by atoms with E-state index in [-0.39, 0.29) is 11.9 Å². The van der Waals surface area contributed by atoms with E-state index in [0.717, 1.165) is 35.2 Å². The summed E-state index contributed by atoms with van der Waals surface area (Å²) >= 11 is 18.7. The highest BCUT2D eigenvalue weighted by Gasteiger charge is 2.42. The number of amides is 1. The summed E-state index contributed by atoms with van der Waals surface area (Å²) in [4.78, 5) is 15.0. The maximum Gasteiger partial charge on any atom is 0.273 e. The first-order valence-electron chi connectivity index (χ1n) is 9.11. The lowest BCUT2D eigenvalue weighted by Crippen LogP contribution is -2.30. The van der Waals surface area contributed by atoms with E-state index in [0.29, 0.717) is 27.3 Å². The zero-order chi connectivity index (χ0) is 19.8. The number of aromatic nitrogens is 2. The fourth-order valence-corrected chi connectivity index (χ4v) is 4.27. The molecule has 2 aromatic carbocycles. The molecule has 1 aliphatic rings. The largest absolute Gasteiger partial charge is 0.326 e. The molecule has 0 bridgehead atoms. The molecule has 28 heavy (non-hydrogen) atoms. The summed E-state index contributed by atoms with van der Waals surface area (Å²) in [5.41, 5.74) is 3.81. The van der Waals surface area contributed by atoms with Crippen LogP contribution in [0.25, 0.3) is 11.3 Å². The van der Waals surface area contributed by atoms with E-state index < -0.39 is 0 Å². The Morgan fingerprint density at radius 3 is 2.46 bits per heavy atom. The zero-order valence-corrected chi connectivity index (χ0v) is 17.4. The third kappa shape index (κ3) is 3.30. The number of aromatic amines is 1. The van der Waals surface area contributed by atoms with Gasteiger partial charge in [-0.05, 0) is 36.2 Å². The van der Waals surface area contributed by atoms with Crippen molar-refractivity contribution in [1.82, 2.24) is 15.1 Å². The Morgan fingerprint density at radius 2 is 1.79 bits per heavy atom. The fraction of sp³-hybridized carbons (Fsp3) is 0.238. The molecule has 144 valence electrons. The minimum absolute atomic E-state index is 0.0628. The van der Waals surface area contributed by atoms with Crippen molar-refractivity contribution in [2.24, 2.45) is 0 Å².